The molecule has 0 saturated carbocycles. The molecule has 4 nitrogen and oxygen atoms in total. The molecule has 0 spiro atoms. The molecule has 0 aliphatic carbocycles. The SMILES string of the molecule is COc1ccc(Br)cc1CN(C)C(=O)C(C)(C)CN. The Morgan fingerprint density at radius 1 is 1.47 bits per heavy atom. The van der Waals surface area contributed by atoms with E-state index in [-0.39, 0.29) is 5.91 Å². The zero-order valence-corrected chi connectivity index (χ0v) is 13.5. The first-order chi connectivity index (χ1) is 8.81. The van der Waals surface area contributed by atoms with Crippen LogP contribution in [0.15, 0.2) is 22.7 Å². The van der Waals surface area contributed by atoms with Gasteiger partial charge in [-0.15, -0.1) is 0 Å². The lowest BCUT2D eigenvalue weighted by Crippen LogP contribution is -2.42. The van der Waals surface area contributed by atoms with Crippen LogP contribution in [0.1, 0.15) is 19.4 Å². The molecule has 0 bridgehead atoms. The summed E-state index contributed by atoms with van der Waals surface area (Å²) in [4.78, 5) is 14.0. The van der Waals surface area contributed by atoms with E-state index >= 15 is 0 Å². The number of hydrogen-bond donors (Lipinski definition) is 1. The summed E-state index contributed by atoms with van der Waals surface area (Å²) in [6.07, 6.45) is 0. The summed E-state index contributed by atoms with van der Waals surface area (Å²) in [5.74, 6) is 0.797. The van der Waals surface area contributed by atoms with Gasteiger partial charge in [-0.25, -0.2) is 0 Å². The van der Waals surface area contributed by atoms with E-state index in [0.29, 0.717) is 13.1 Å². The standard InChI is InChI=1S/C14H21BrN2O2/c1-14(2,9-16)13(18)17(3)8-10-7-11(15)5-6-12(10)19-4/h5-7H,8-9,16H2,1-4H3. The minimum absolute atomic E-state index is 0.0250. The van der Waals surface area contributed by atoms with Crippen molar-refractivity contribution in [2.75, 3.05) is 20.7 Å². The van der Waals surface area contributed by atoms with E-state index in [1.807, 2.05) is 32.0 Å². The van der Waals surface area contributed by atoms with Crippen LogP contribution in [0.25, 0.3) is 0 Å². The second kappa shape index (κ2) is 6.39. The summed E-state index contributed by atoms with van der Waals surface area (Å²) in [6, 6.07) is 5.75. The highest BCUT2D eigenvalue weighted by molar-refractivity contribution is 9.10. The van der Waals surface area contributed by atoms with Crippen LogP contribution < -0.4 is 10.5 Å². The number of nitrogens with two attached hydrogens (primary N) is 1. The van der Waals surface area contributed by atoms with E-state index in [1.54, 1.807) is 19.1 Å². The number of amides is 1. The molecule has 1 aromatic carbocycles. The Morgan fingerprint density at radius 3 is 2.63 bits per heavy atom. The smallest absolute Gasteiger partial charge is 0.229 e. The maximum atomic E-state index is 12.3. The first-order valence-corrected chi connectivity index (χ1v) is 6.89. The van der Waals surface area contributed by atoms with Crippen LogP contribution in [0.3, 0.4) is 0 Å². The van der Waals surface area contributed by atoms with Crippen LogP contribution in [0.2, 0.25) is 0 Å². The Kier molecular flexibility index (Phi) is 5.38. The molecule has 19 heavy (non-hydrogen) atoms. The molecule has 0 aliphatic rings. The second-order valence-electron chi connectivity index (χ2n) is 5.21. The number of hydrogen-bond acceptors (Lipinski definition) is 3. The topological polar surface area (TPSA) is 55.6 Å². The van der Waals surface area contributed by atoms with Gasteiger partial charge in [0.2, 0.25) is 5.91 Å². The number of ether oxygens (including phenoxy) is 1. The van der Waals surface area contributed by atoms with Gasteiger partial charge in [0, 0.05) is 30.2 Å². The molecule has 0 saturated heterocycles. The summed E-state index contributed by atoms with van der Waals surface area (Å²) in [5, 5.41) is 0. The molecule has 106 valence electrons. The zero-order valence-electron chi connectivity index (χ0n) is 11.9. The Balaban J connectivity index is 2.91. The van der Waals surface area contributed by atoms with Crippen molar-refractivity contribution in [3.05, 3.63) is 28.2 Å². The van der Waals surface area contributed by atoms with Crippen molar-refractivity contribution in [2.24, 2.45) is 11.1 Å². The lowest BCUT2D eigenvalue weighted by Gasteiger charge is -2.28. The van der Waals surface area contributed by atoms with E-state index in [2.05, 4.69) is 15.9 Å². The highest BCUT2D eigenvalue weighted by Gasteiger charge is 2.29. The summed E-state index contributed by atoms with van der Waals surface area (Å²) in [5.41, 5.74) is 6.05. The molecule has 2 N–H and O–H groups in total. The van der Waals surface area contributed by atoms with Crippen LogP contribution in [-0.2, 0) is 11.3 Å². The lowest BCUT2D eigenvalue weighted by molar-refractivity contribution is -0.139. The normalized spacial score (nSPS) is 11.3. The van der Waals surface area contributed by atoms with E-state index in [1.165, 1.54) is 0 Å². The Hall–Kier alpha value is -1.07. The van der Waals surface area contributed by atoms with Crippen molar-refractivity contribution in [3.8, 4) is 5.75 Å². The number of nitrogens with zero attached hydrogens (tertiary/aromatic N) is 1. The molecule has 0 heterocycles. The van der Waals surface area contributed by atoms with Crippen molar-refractivity contribution in [1.82, 2.24) is 4.90 Å². The number of halogens is 1. The van der Waals surface area contributed by atoms with Gasteiger partial charge in [-0.1, -0.05) is 15.9 Å². The number of rotatable bonds is 5. The van der Waals surface area contributed by atoms with E-state index in [4.69, 9.17) is 10.5 Å². The fraction of sp³-hybridized carbons (Fsp3) is 0.500. The van der Waals surface area contributed by atoms with Crippen LogP contribution >= 0.6 is 15.9 Å². The second-order valence-corrected chi connectivity index (χ2v) is 6.12. The average molecular weight is 329 g/mol. The van der Waals surface area contributed by atoms with Crippen molar-refractivity contribution < 1.29 is 9.53 Å². The highest BCUT2D eigenvalue weighted by Crippen LogP contribution is 2.25. The van der Waals surface area contributed by atoms with Gasteiger partial charge in [0.1, 0.15) is 5.75 Å². The number of benzene rings is 1. The quantitative estimate of drug-likeness (QED) is 0.902. The zero-order chi connectivity index (χ0) is 14.6. The van der Waals surface area contributed by atoms with E-state index in [9.17, 15) is 4.79 Å². The third kappa shape index (κ3) is 3.94. The van der Waals surface area contributed by atoms with Gasteiger partial charge >= 0.3 is 0 Å². The van der Waals surface area contributed by atoms with E-state index in [0.717, 1.165) is 15.8 Å². The minimum atomic E-state index is -0.548. The van der Waals surface area contributed by atoms with Gasteiger partial charge in [0.15, 0.2) is 0 Å². The third-order valence-electron chi connectivity index (χ3n) is 3.09. The molecule has 0 radical (unpaired) electrons. The highest BCUT2D eigenvalue weighted by atomic mass is 79.9. The Labute approximate surface area is 123 Å². The first-order valence-electron chi connectivity index (χ1n) is 6.10. The summed E-state index contributed by atoms with van der Waals surface area (Å²) < 4.78 is 6.27. The predicted molar refractivity (Wildman–Crippen MR) is 80.0 cm³/mol. The first kappa shape index (κ1) is 16.0. The Morgan fingerprint density at radius 2 is 2.11 bits per heavy atom. The van der Waals surface area contributed by atoms with Gasteiger partial charge in [0.25, 0.3) is 0 Å². The molecule has 0 aliphatic heterocycles. The fourth-order valence-electron chi connectivity index (χ4n) is 1.80. The minimum Gasteiger partial charge on any atom is -0.496 e. The molecular weight excluding hydrogens is 308 g/mol. The van der Waals surface area contributed by atoms with Crippen LogP contribution in [-0.4, -0.2) is 31.5 Å². The number of carbonyl (C=O) groups excluding carboxylic acids is 1. The van der Waals surface area contributed by atoms with Gasteiger partial charge in [-0.3, -0.25) is 4.79 Å². The molecule has 0 fully saturated rings. The largest absolute Gasteiger partial charge is 0.496 e. The molecule has 5 heteroatoms. The molecule has 1 amide bonds. The van der Waals surface area contributed by atoms with Gasteiger partial charge in [-0.05, 0) is 32.0 Å². The van der Waals surface area contributed by atoms with E-state index < -0.39 is 5.41 Å². The van der Waals surface area contributed by atoms with Gasteiger partial charge in [0.05, 0.1) is 12.5 Å². The molecule has 1 aromatic rings. The van der Waals surface area contributed by atoms with Crippen LogP contribution in [0, 0.1) is 5.41 Å². The lowest BCUT2D eigenvalue weighted by atomic mass is 9.92. The average Bonchev–Trinajstić information content (AvgIpc) is 2.38. The summed E-state index contributed by atoms with van der Waals surface area (Å²) in [7, 11) is 3.40. The molecule has 0 unspecified atom stereocenters. The summed E-state index contributed by atoms with van der Waals surface area (Å²) in [6.45, 7) is 4.52. The van der Waals surface area contributed by atoms with Gasteiger partial charge in [-0.2, -0.15) is 0 Å². The van der Waals surface area contributed by atoms with Crippen LogP contribution in [0.5, 0.6) is 5.75 Å². The maximum absolute atomic E-state index is 12.3. The monoisotopic (exact) mass is 328 g/mol. The maximum Gasteiger partial charge on any atom is 0.229 e. The fourth-order valence-corrected chi connectivity index (χ4v) is 2.21. The molecule has 0 atom stereocenters. The summed E-state index contributed by atoms with van der Waals surface area (Å²) >= 11 is 3.43. The molecule has 0 aromatic heterocycles. The van der Waals surface area contributed by atoms with Gasteiger partial charge < -0.3 is 15.4 Å². The third-order valence-corrected chi connectivity index (χ3v) is 3.58. The van der Waals surface area contributed by atoms with Crippen molar-refractivity contribution >= 4 is 21.8 Å². The van der Waals surface area contributed by atoms with Crippen molar-refractivity contribution in [2.45, 2.75) is 20.4 Å². The Bertz CT molecular complexity index is 461. The number of carbonyl (C=O) groups is 1. The van der Waals surface area contributed by atoms with Crippen LogP contribution in [0.4, 0.5) is 0 Å². The predicted octanol–water partition coefficient (Wildman–Crippen LogP) is 2.40. The molecular formula is C14H21BrN2O2. The molecule has 1 rings (SSSR count). The van der Waals surface area contributed by atoms with Crippen molar-refractivity contribution in [1.29, 1.82) is 0 Å². The van der Waals surface area contributed by atoms with Crippen molar-refractivity contribution in [3.63, 3.8) is 0 Å². The number of methoxy groups -OCH3 is 1.